The van der Waals surface area contributed by atoms with Crippen LogP contribution in [0.1, 0.15) is 25.7 Å². The minimum atomic E-state index is 0.0663. The number of likely N-dealkylation sites (N-methyl/N-ethyl adjacent to an activating group) is 1. The number of fused-ring (bicyclic) bond motifs is 1. The average molecular weight is 290 g/mol. The highest BCUT2D eigenvalue weighted by Crippen LogP contribution is 2.11. The van der Waals surface area contributed by atoms with Crippen molar-refractivity contribution in [2.45, 2.75) is 26.4 Å². The van der Waals surface area contributed by atoms with Crippen molar-refractivity contribution < 1.29 is 10.2 Å². The summed E-state index contributed by atoms with van der Waals surface area (Å²) in [4.78, 5) is 18.7. The second-order valence-corrected chi connectivity index (χ2v) is 5.81. The van der Waals surface area contributed by atoms with Crippen LogP contribution in [0.5, 0.6) is 0 Å². The van der Waals surface area contributed by atoms with Crippen molar-refractivity contribution in [3.63, 3.8) is 0 Å². The number of hydrogen-bond acceptors (Lipinski definition) is 2. The maximum atomic E-state index is 12.6. The van der Waals surface area contributed by atoms with Crippen LogP contribution in [0.25, 0.3) is 10.9 Å². The zero-order valence-corrected chi connectivity index (χ0v) is 13.4. The molecular formula is C16H26N4O+2. The van der Waals surface area contributed by atoms with Crippen LogP contribution in [0, 0.1) is 0 Å². The molecule has 2 rings (SSSR count). The molecule has 0 bridgehead atoms. The van der Waals surface area contributed by atoms with Crippen molar-refractivity contribution in [2.75, 3.05) is 27.2 Å². The molecule has 0 aliphatic rings. The highest BCUT2D eigenvalue weighted by Gasteiger charge is 2.18. The lowest BCUT2D eigenvalue weighted by atomic mass is 10.2. The fourth-order valence-corrected chi connectivity index (χ4v) is 2.57. The summed E-state index contributed by atoms with van der Waals surface area (Å²) in [5.74, 6) is 0.870. The molecule has 5 heteroatoms. The lowest BCUT2D eigenvalue weighted by Gasteiger charge is -2.16. The monoisotopic (exact) mass is 290 g/mol. The number of aromatic nitrogens is 2. The molecule has 1 heterocycles. The Morgan fingerprint density at radius 1 is 1.33 bits per heavy atom. The first-order valence-electron chi connectivity index (χ1n) is 7.66. The maximum Gasteiger partial charge on any atom is 0.261 e. The predicted molar refractivity (Wildman–Crippen MR) is 84.6 cm³/mol. The zero-order chi connectivity index (χ0) is 15.4. The van der Waals surface area contributed by atoms with E-state index in [0.29, 0.717) is 11.9 Å². The van der Waals surface area contributed by atoms with Crippen LogP contribution in [-0.4, -0.2) is 36.7 Å². The molecular weight excluding hydrogens is 264 g/mol. The number of quaternary nitrogens is 2. The first-order valence-corrected chi connectivity index (χ1v) is 7.66. The number of para-hydroxylation sites is 1. The molecule has 0 unspecified atom stereocenters. The molecule has 1 atom stereocenters. The van der Waals surface area contributed by atoms with Crippen molar-refractivity contribution in [3.05, 3.63) is 40.4 Å². The molecule has 0 aliphatic heterocycles. The molecule has 5 nitrogen and oxygen atoms in total. The van der Waals surface area contributed by atoms with Crippen LogP contribution in [0.2, 0.25) is 0 Å². The molecule has 2 aromatic rings. The zero-order valence-electron chi connectivity index (χ0n) is 13.4. The lowest BCUT2D eigenvalue weighted by molar-refractivity contribution is -0.877. The van der Waals surface area contributed by atoms with E-state index in [1.54, 1.807) is 4.57 Å². The van der Waals surface area contributed by atoms with Crippen molar-refractivity contribution in [2.24, 2.45) is 0 Å². The summed E-state index contributed by atoms with van der Waals surface area (Å²) in [6, 6.07) is 7.77. The Morgan fingerprint density at radius 2 is 2.05 bits per heavy atom. The molecule has 0 amide bonds. The van der Waals surface area contributed by atoms with Gasteiger partial charge in [-0.3, -0.25) is 9.36 Å². The van der Waals surface area contributed by atoms with E-state index in [9.17, 15) is 4.79 Å². The third kappa shape index (κ3) is 3.49. The molecule has 0 spiro atoms. The van der Waals surface area contributed by atoms with Crippen LogP contribution in [-0.2, 0) is 6.54 Å². The Kier molecular flexibility index (Phi) is 5.09. The van der Waals surface area contributed by atoms with Crippen LogP contribution in [0.3, 0.4) is 0 Å². The Morgan fingerprint density at radius 3 is 2.71 bits per heavy atom. The summed E-state index contributed by atoms with van der Waals surface area (Å²) in [6.07, 6.45) is 0. The minimum absolute atomic E-state index is 0.0663. The van der Waals surface area contributed by atoms with Crippen LogP contribution < -0.4 is 15.8 Å². The van der Waals surface area contributed by atoms with E-state index in [1.165, 1.54) is 4.90 Å². The molecule has 0 aliphatic carbocycles. The lowest BCUT2D eigenvalue weighted by Crippen LogP contribution is -3.09. The second-order valence-electron chi connectivity index (χ2n) is 5.81. The Balaban J connectivity index is 2.36. The number of rotatable bonds is 6. The molecule has 114 valence electrons. The molecule has 0 radical (unpaired) electrons. The van der Waals surface area contributed by atoms with Gasteiger partial charge >= 0.3 is 0 Å². The first-order chi connectivity index (χ1) is 10.0. The summed E-state index contributed by atoms with van der Waals surface area (Å²) in [5.41, 5.74) is 0.859. The van der Waals surface area contributed by atoms with Crippen LogP contribution in [0.15, 0.2) is 29.1 Å². The van der Waals surface area contributed by atoms with Crippen LogP contribution in [0.4, 0.5) is 0 Å². The SMILES string of the molecule is CCn1c([C@H](C)[NH2+]CC[NH+](C)C)nc2ccccc2c1=O. The van der Waals surface area contributed by atoms with E-state index in [2.05, 4.69) is 26.3 Å². The van der Waals surface area contributed by atoms with Gasteiger partial charge in [-0.25, -0.2) is 4.98 Å². The molecule has 1 aromatic carbocycles. The Bertz CT molecular complexity index is 663. The number of nitrogens with one attached hydrogen (secondary N) is 1. The summed E-state index contributed by atoms with van der Waals surface area (Å²) < 4.78 is 1.80. The summed E-state index contributed by atoms with van der Waals surface area (Å²) in [6.45, 7) is 6.89. The van der Waals surface area contributed by atoms with Gasteiger partial charge < -0.3 is 10.2 Å². The molecule has 3 N–H and O–H groups in total. The smallest absolute Gasteiger partial charge is 0.261 e. The average Bonchev–Trinajstić information content (AvgIpc) is 2.46. The number of hydrogen-bond donors (Lipinski definition) is 2. The van der Waals surface area contributed by atoms with Gasteiger partial charge in [-0.15, -0.1) is 0 Å². The fourth-order valence-electron chi connectivity index (χ4n) is 2.57. The molecule has 0 fully saturated rings. The van der Waals surface area contributed by atoms with Gasteiger partial charge in [-0.2, -0.15) is 0 Å². The predicted octanol–water partition coefficient (Wildman–Crippen LogP) is -0.815. The van der Waals surface area contributed by atoms with E-state index in [4.69, 9.17) is 4.98 Å². The number of nitrogens with zero attached hydrogens (tertiary/aromatic N) is 2. The Labute approximate surface area is 125 Å². The fraction of sp³-hybridized carbons (Fsp3) is 0.500. The van der Waals surface area contributed by atoms with Gasteiger partial charge in [-0.1, -0.05) is 12.1 Å². The summed E-state index contributed by atoms with van der Waals surface area (Å²) in [7, 11) is 4.30. The molecule has 0 saturated carbocycles. The third-order valence-corrected chi connectivity index (χ3v) is 3.78. The van der Waals surface area contributed by atoms with E-state index < -0.39 is 0 Å². The van der Waals surface area contributed by atoms with Crippen molar-refractivity contribution in [3.8, 4) is 0 Å². The van der Waals surface area contributed by atoms with Crippen molar-refractivity contribution >= 4 is 10.9 Å². The van der Waals surface area contributed by atoms with Gasteiger partial charge in [0.05, 0.1) is 25.0 Å². The number of benzene rings is 1. The van der Waals surface area contributed by atoms with Gasteiger partial charge in [0.2, 0.25) is 0 Å². The van der Waals surface area contributed by atoms with E-state index in [-0.39, 0.29) is 11.6 Å². The second kappa shape index (κ2) is 6.83. The Hall–Kier alpha value is -1.72. The van der Waals surface area contributed by atoms with Gasteiger partial charge in [0.15, 0.2) is 5.82 Å². The quantitative estimate of drug-likeness (QED) is 0.731. The molecule has 0 saturated heterocycles. The standard InChI is InChI=1S/C16H24N4O/c1-5-20-15(12(2)17-10-11-19(3)4)18-14-9-7-6-8-13(14)16(20)21/h6-9,12,17H,5,10-11H2,1-4H3/p+2/t12-/m0/s1. The third-order valence-electron chi connectivity index (χ3n) is 3.78. The summed E-state index contributed by atoms with van der Waals surface area (Å²) >= 11 is 0. The minimum Gasteiger partial charge on any atom is -0.335 e. The highest BCUT2D eigenvalue weighted by atomic mass is 16.1. The van der Waals surface area contributed by atoms with E-state index >= 15 is 0 Å². The topological polar surface area (TPSA) is 55.9 Å². The molecule has 21 heavy (non-hydrogen) atoms. The number of nitrogens with two attached hydrogens (primary N) is 1. The van der Waals surface area contributed by atoms with Gasteiger partial charge in [0, 0.05) is 6.54 Å². The largest absolute Gasteiger partial charge is 0.335 e. The van der Waals surface area contributed by atoms with Crippen molar-refractivity contribution in [1.29, 1.82) is 0 Å². The van der Waals surface area contributed by atoms with E-state index in [0.717, 1.165) is 24.4 Å². The van der Waals surface area contributed by atoms with E-state index in [1.807, 2.05) is 31.2 Å². The first kappa shape index (κ1) is 15.7. The van der Waals surface area contributed by atoms with Gasteiger partial charge in [0.25, 0.3) is 5.56 Å². The van der Waals surface area contributed by atoms with Crippen molar-refractivity contribution in [1.82, 2.24) is 9.55 Å². The molecule has 1 aromatic heterocycles. The maximum absolute atomic E-state index is 12.6. The highest BCUT2D eigenvalue weighted by molar-refractivity contribution is 5.77. The summed E-state index contributed by atoms with van der Waals surface area (Å²) in [5, 5.41) is 2.96. The van der Waals surface area contributed by atoms with Gasteiger partial charge in [-0.05, 0) is 26.0 Å². The van der Waals surface area contributed by atoms with Gasteiger partial charge in [0.1, 0.15) is 19.1 Å². The normalized spacial score (nSPS) is 13.0. The van der Waals surface area contributed by atoms with Crippen LogP contribution >= 0.6 is 0 Å².